The average Bonchev–Trinajstić information content (AvgIpc) is 3.04. The molecule has 1 N–H and O–H groups in total. The molecule has 0 radical (unpaired) electrons. The van der Waals surface area contributed by atoms with Crippen LogP contribution < -0.4 is 20.5 Å². The molecule has 0 bridgehead atoms. The van der Waals surface area contributed by atoms with Crippen molar-refractivity contribution in [2.75, 3.05) is 18.5 Å². The number of aryl methyl sites for hydroxylation is 2. The van der Waals surface area contributed by atoms with Crippen LogP contribution in [0.4, 0.5) is 11.6 Å². The van der Waals surface area contributed by atoms with Gasteiger partial charge in [0.05, 0.1) is 12.3 Å². The van der Waals surface area contributed by atoms with E-state index in [4.69, 9.17) is 14.2 Å². The smallest absolute Gasteiger partial charge is 0.331 e. The molecule has 0 spiro atoms. The Balaban J connectivity index is 1.60. The number of hydrogen-bond acceptors (Lipinski definition) is 8. The van der Waals surface area contributed by atoms with Crippen molar-refractivity contribution in [1.29, 1.82) is 5.26 Å². The third-order valence-electron chi connectivity index (χ3n) is 5.74. The normalized spacial score (nSPS) is 16.8. The summed E-state index contributed by atoms with van der Waals surface area (Å²) in [7, 11) is 1.65. The predicted octanol–water partition coefficient (Wildman–Crippen LogP) is 2.45. The first-order valence-corrected chi connectivity index (χ1v) is 9.86. The third kappa shape index (κ3) is 3.02. The van der Waals surface area contributed by atoms with Crippen LogP contribution in [0, 0.1) is 18.3 Å². The Labute approximate surface area is 177 Å². The maximum absolute atomic E-state index is 13.0. The molecule has 1 saturated heterocycles. The molecule has 0 atom stereocenters. The van der Waals surface area contributed by atoms with Gasteiger partial charge in [0.15, 0.2) is 17.1 Å². The van der Waals surface area contributed by atoms with E-state index in [0.717, 1.165) is 11.3 Å². The second-order valence-electron chi connectivity index (χ2n) is 7.58. The molecule has 0 saturated carbocycles. The fraction of sp³-hybridized carbons (Fsp3) is 0.333. The van der Waals surface area contributed by atoms with Crippen LogP contribution >= 0.6 is 0 Å². The molecule has 158 valence electrons. The predicted molar refractivity (Wildman–Crippen MR) is 111 cm³/mol. The summed E-state index contributed by atoms with van der Waals surface area (Å²) in [6, 6.07) is 6.00. The molecule has 0 unspecified atom stereocenters. The van der Waals surface area contributed by atoms with Crippen LogP contribution in [0.3, 0.4) is 0 Å². The van der Waals surface area contributed by atoms with Gasteiger partial charge in [-0.1, -0.05) is 0 Å². The second-order valence-corrected chi connectivity index (χ2v) is 7.58. The van der Waals surface area contributed by atoms with Crippen LogP contribution in [0.1, 0.15) is 18.4 Å². The summed E-state index contributed by atoms with van der Waals surface area (Å²) in [6.45, 7) is 2.75. The van der Waals surface area contributed by atoms with Crippen molar-refractivity contribution in [2.45, 2.75) is 25.3 Å². The summed E-state index contributed by atoms with van der Waals surface area (Å²) in [5.74, 6) is 1.50. The highest BCUT2D eigenvalue weighted by Crippen LogP contribution is 2.36. The number of imidazole rings is 1. The summed E-state index contributed by atoms with van der Waals surface area (Å²) in [4.78, 5) is 22.0. The van der Waals surface area contributed by atoms with E-state index in [1.165, 1.54) is 21.7 Å². The van der Waals surface area contributed by atoms with Crippen molar-refractivity contribution in [3.8, 4) is 17.6 Å². The van der Waals surface area contributed by atoms with Gasteiger partial charge in [0.2, 0.25) is 5.95 Å². The van der Waals surface area contributed by atoms with Gasteiger partial charge in [-0.3, -0.25) is 9.13 Å². The molecule has 0 amide bonds. The number of benzene rings is 1. The lowest BCUT2D eigenvalue weighted by Crippen LogP contribution is -2.44. The topological polar surface area (TPSA) is 116 Å². The minimum absolute atomic E-state index is 0.299. The Morgan fingerprint density at radius 3 is 2.61 bits per heavy atom. The van der Waals surface area contributed by atoms with Crippen molar-refractivity contribution in [3.63, 3.8) is 0 Å². The number of ether oxygens (including phenoxy) is 3. The second kappa shape index (κ2) is 7.14. The Morgan fingerprint density at radius 2 is 1.90 bits per heavy atom. The van der Waals surface area contributed by atoms with Crippen LogP contribution in [0.25, 0.3) is 11.2 Å². The number of hydrogen-bond donors (Lipinski definition) is 1. The Kier molecular flexibility index (Phi) is 4.41. The minimum atomic E-state index is -1.00. The number of aromatic nitrogens is 4. The third-order valence-corrected chi connectivity index (χ3v) is 5.74. The molecule has 3 aromatic rings. The number of rotatable bonds is 3. The van der Waals surface area contributed by atoms with E-state index in [-0.39, 0.29) is 5.69 Å². The molecule has 10 heteroatoms. The van der Waals surface area contributed by atoms with Crippen LogP contribution in [0.5, 0.6) is 11.5 Å². The van der Waals surface area contributed by atoms with Gasteiger partial charge < -0.3 is 19.5 Å². The number of nitrogens with zero attached hydrogens (tertiary/aromatic N) is 5. The van der Waals surface area contributed by atoms with Crippen molar-refractivity contribution in [1.82, 2.24) is 19.1 Å². The van der Waals surface area contributed by atoms with Gasteiger partial charge in [0, 0.05) is 44.9 Å². The van der Waals surface area contributed by atoms with Gasteiger partial charge in [-0.05, 0) is 18.6 Å². The van der Waals surface area contributed by atoms with E-state index in [9.17, 15) is 10.1 Å². The summed E-state index contributed by atoms with van der Waals surface area (Å²) >= 11 is 0. The van der Waals surface area contributed by atoms with Crippen LogP contribution in [0.15, 0.2) is 35.6 Å². The quantitative estimate of drug-likeness (QED) is 0.687. The average molecular weight is 420 g/mol. The van der Waals surface area contributed by atoms with Gasteiger partial charge in [-0.15, -0.1) is 0 Å². The lowest BCUT2D eigenvalue weighted by Gasteiger charge is -2.31. The fourth-order valence-electron chi connectivity index (χ4n) is 3.95. The maximum atomic E-state index is 13.0. The lowest BCUT2D eigenvalue weighted by atomic mass is 9.91. The minimum Gasteiger partial charge on any atom is -0.458 e. The number of nitrogens with one attached hydrogen (secondary N) is 1. The molecule has 4 heterocycles. The summed E-state index contributed by atoms with van der Waals surface area (Å²) in [6.07, 6.45) is 5.36. The molecule has 31 heavy (non-hydrogen) atoms. The van der Waals surface area contributed by atoms with Gasteiger partial charge in [-0.25, -0.2) is 9.78 Å². The number of fused-ring (bicyclic) bond motifs is 2. The zero-order valence-corrected chi connectivity index (χ0v) is 17.1. The first-order valence-electron chi connectivity index (χ1n) is 9.86. The molecule has 2 aromatic heterocycles. The van der Waals surface area contributed by atoms with E-state index in [0.29, 0.717) is 54.7 Å². The molecule has 1 aromatic carbocycles. The van der Waals surface area contributed by atoms with Crippen molar-refractivity contribution >= 4 is 22.8 Å². The SMILES string of the molecule is Cc1cc2c(cc1Nc1ncc3c(n1)n(C1(C#N)CCOCC1)c(=O)n3C)OC=CO2. The summed E-state index contributed by atoms with van der Waals surface area (Å²) < 4.78 is 19.3. The van der Waals surface area contributed by atoms with E-state index in [1.54, 1.807) is 19.3 Å². The number of anilines is 2. The Morgan fingerprint density at radius 1 is 1.19 bits per heavy atom. The van der Waals surface area contributed by atoms with Crippen molar-refractivity contribution < 1.29 is 14.2 Å². The fourth-order valence-corrected chi connectivity index (χ4v) is 3.95. The molecule has 2 aliphatic heterocycles. The van der Waals surface area contributed by atoms with Crippen molar-refractivity contribution in [3.05, 3.63) is 46.9 Å². The Bertz CT molecular complexity index is 1310. The standard InChI is InChI=1S/C21H20N6O4/c1-13-9-16-17(31-8-7-30-16)10-14(13)24-19-23-11-15-18(25-19)27(20(28)26(15)2)21(12-22)3-5-29-6-4-21/h7-11H,3-6H2,1-2H3,(H,23,24,25). The first-order chi connectivity index (χ1) is 15.0. The maximum Gasteiger partial charge on any atom is 0.331 e. The van der Waals surface area contributed by atoms with E-state index >= 15 is 0 Å². The monoisotopic (exact) mass is 420 g/mol. The summed E-state index contributed by atoms with van der Waals surface area (Å²) in [5, 5.41) is 13.2. The van der Waals surface area contributed by atoms with Crippen molar-refractivity contribution in [2.24, 2.45) is 7.05 Å². The van der Waals surface area contributed by atoms with Crippen LogP contribution in [-0.2, 0) is 17.3 Å². The van der Waals surface area contributed by atoms with E-state index in [2.05, 4.69) is 21.4 Å². The molecule has 0 aliphatic carbocycles. The largest absolute Gasteiger partial charge is 0.458 e. The van der Waals surface area contributed by atoms with Crippen LogP contribution in [-0.4, -0.2) is 32.3 Å². The molecule has 10 nitrogen and oxygen atoms in total. The van der Waals surface area contributed by atoms with Gasteiger partial charge in [0.25, 0.3) is 0 Å². The molecule has 1 fully saturated rings. The highest BCUT2D eigenvalue weighted by atomic mass is 16.5. The molecule has 5 rings (SSSR count). The first kappa shape index (κ1) is 19.1. The zero-order valence-electron chi connectivity index (χ0n) is 17.1. The zero-order chi connectivity index (χ0) is 21.6. The Hall–Kier alpha value is -3.84. The molecule has 2 aliphatic rings. The summed E-state index contributed by atoms with van der Waals surface area (Å²) in [5.41, 5.74) is 1.31. The lowest BCUT2D eigenvalue weighted by molar-refractivity contribution is 0.0448. The van der Waals surface area contributed by atoms with E-state index in [1.807, 2.05) is 13.0 Å². The van der Waals surface area contributed by atoms with Crippen LogP contribution in [0.2, 0.25) is 0 Å². The van der Waals surface area contributed by atoms with Gasteiger partial charge >= 0.3 is 5.69 Å². The highest BCUT2D eigenvalue weighted by Gasteiger charge is 2.38. The highest BCUT2D eigenvalue weighted by molar-refractivity contribution is 5.74. The van der Waals surface area contributed by atoms with Gasteiger partial charge in [-0.2, -0.15) is 10.2 Å². The molecular formula is C21H20N6O4. The molecular weight excluding hydrogens is 400 g/mol. The number of nitriles is 1. The van der Waals surface area contributed by atoms with E-state index < -0.39 is 5.54 Å². The van der Waals surface area contributed by atoms with Gasteiger partial charge in [0.1, 0.15) is 23.6 Å².